The fourth-order valence-electron chi connectivity index (χ4n) is 7.66. The van der Waals surface area contributed by atoms with Gasteiger partial charge in [-0.25, -0.2) is 4.39 Å². The van der Waals surface area contributed by atoms with E-state index in [9.17, 15) is 42.0 Å². The van der Waals surface area contributed by atoms with Gasteiger partial charge in [-0.15, -0.1) is 0 Å². The molecule has 16 heteroatoms. The number of anilines is 2. The second kappa shape index (κ2) is 17.3. The van der Waals surface area contributed by atoms with Crippen molar-refractivity contribution < 1.29 is 41.5 Å². The monoisotopic (exact) mass is 820 g/mol. The van der Waals surface area contributed by atoms with Crippen LogP contribution in [0.2, 0.25) is 0 Å². The zero-order chi connectivity index (χ0) is 41.9. The summed E-state index contributed by atoms with van der Waals surface area (Å²) in [6.45, 7) is 9.19. The highest BCUT2D eigenvalue weighted by Crippen LogP contribution is 2.40. The molecule has 3 saturated heterocycles. The number of nitrogens with zero attached hydrogens (tertiary/aromatic N) is 5. The molecule has 3 aromatic carbocycles. The first-order valence-corrected chi connectivity index (χ1v) is 19.5. The van der Waals surface area contributed by atoms with Crippen LogP contribution >= 0.6 is 12.2 Å². The van der Waals surface area contributed by atoms with E-state index in [1.54, 1.807) is 49.1 Å². The molecule has 0 aromatic heterocycles. The molecular weight excluding hydrogens is 777 g/mol. The van der Waals surface area contributed by atoms with E-state index >= 15 is 0 Å². The zero-order valence-corrected chi connectivity index (χ0v) is 33.3. The van der Waals surface area contributed by atoms with Crippen LogP contribution in [0.3, 0.4) is 0 Å². The SMILES string of the molecule is CCc1cc(N2C(=S)N(c3ccc(C#N)c(C(F)(F)F)c3)C(=O)C2(C)C)ccc1OCCN1CCN(CC(=O)Cc2cc(CC3CCC(=O)NC3=O)ccc2F)CC1. The van der Waals surface area contributed by atoms with Crippen LogP contribution < -0.4 is 19.9 Å². The van der Waals surface area contributed by atoms with E-state index in [0.29, 0.717) is 75.6 Å². The Morgan fingerprint density at radius 3 is 2.36 bits per heavy atom. The molecule has 3 fully saturated rings. The Balaban J connectivity index is 1.00. The molecule has 0 spiro atoms. The third-order valence-corrected chi connectivity index (χ3v) is 11.3. The van der Waals surface area contributed by atoms with E-state index in [1.165, 1.54) is 12.1 Å². The van der Waals surface area contributed by atoms with Crippen molar-refractivity contribution >= 4 is 52.2 Å². The van der Waals surface area contributed by atoms with E-state index in [4.69, 9.17) is 17.0 Å². The molecule has 3 aliphatic rings. The lowest BCUT2D eigenvalue weighted by Crippen LogP contribution is -2.49. The van der Waals surface area contributed by atoms with Crippen molar-refractivity contribution in [2.24, 2.45) is 5.92 Å². The van der Waals surface area contributed by atoms with Crippen molar-refractivity contribution in [3.63, 3.8) is 0 Å². The number of benzene rings is 3. The topological polar surface area (TPSA) is 126 Å². The number of alkyl halides is 3. The Labute approximate surface area is 339 Å². The van der Waals surface area contributed by atoms with Crippen LogP contribution in [0.25, 0.3) is 0 Å². The number of Topliss-reactive ketones (excluding diaryl/α,β-unsaturated/α-hetero) is 1. The second-order valence-electron chi connectivity index (χ2n) is 15.3. The second-order valence-corrected chi connectivity index (χ2v) is 15.6. The lowest BCUT2D eigenvalue weighted by atomic mass is 9.90. The van der Waals surface area contributed by atoms with Crippen molar-refractivity contribution in [2.45, 2.75) is 64.6 Å². The number of nitriles is 1. The molecule has 0 bridgehead atoms. The number of hydrogen-bond donors (Lipinski definition) is 1. The molecule has 58 heavy (non-hydrogen) atoms. The number of rotatable bonds is 13. The van der Waals surface area contributed by atoms with Crippen LogP contribution in [-0.2, 0) is 44.6 Å². The van der Waals surface area contributed by atoms with Gasteiger partial charge in [0.05, 0.1) is 29.4 Å². The number of halogens is 4. The van der Waals surface area contributed by atoms with Crippen molar-refractivity contribution in [1.29, 1.82) is 5.26 Å². The number of piperidine rings is 1. The van der Waals surface area contributed by atoms with Crippen LogP contribution in [0.5, 0.6) is 5.75 Å². The first-order valence-electron chi connectivity index (χ1n) is 19.1. The van der Waals surface area contributed by atoms with Gasteiger partial charge in [0.1, 0.15) is 23.7 Å². The molecule has 6 rings (SSSR count). The fourth-order valence-corrected chi connectivity index (χ4v) is 8.19. The van der Waals surface area contributed by atoms with Crippen LogP contribution in [0.4, 0.5) is 28.9 Å². The van der Waals surface area contributed by atoms with Gasteiger partial charge in [0, 0.05) is 57.2 Å². The normalized spacial score (nSPS) is 19.0. The minimum Gasteiger partial charge on any atom is -0.492 e. The summed E-state index contributed by atoms with van der Waals surface area (Å²) in [6, 6.07) is 14.6. The number of carbonyl (C=O) groups excluding carboxylic acids is 4. The van der Waals surface area contributed by atoms with Crippen molar-refractivity contribution in [3.8, 4) is 11.8 Å². The van der Waals surface area contributed by atoms with E-state index in [2.05, 4.69) is 10.2 Å². The molecule has 1 unspecified atom stereocenters. The molecule has 306 valence electrons. The summed E-state index contributed by atoms with van der Waals surface area (Å²) in [7, 11) is 0. The summed E-state index contributed by atoms with van der Waals surface area (Å²) in [5.41, 5.74) is -0.557. The molecule has 3 heterocycles. The molecule has 0 saturated carbocycles. The third-order valence-electron chi connectivity index (χ3n) is 10.9. The van der Waals surface area contributed by atoms with Gasteiger partial charge in [0.15, 0.2) is 10.9 Å². The first-order chi connectivity index (χ1) is 27.5. The number of nitrogens with one attached hydrogen (secondary N) is 1. The Hall–Kier alpha value is -5.24. The van der Waals surface area contributed by atoms with E-state index in [1.807, 2.05) is 17.9 Å². The van der Waals surface area contributed by atoms with E-state index in [-0.39, 0.29) is 53.7 Å². The summed E-state index contributed by atoms with van der Waals surface area (Å²) in [4.78, 5) is 57.3. The van der Waals surface area contributed by atoms with E-state index < -0.39 is 34.6 Å². The lowest BCUT2D eigenvalue weighted by Gasteiger charge is -2.34. The average Bonchev–Trinajstić information content (AvgIpc) is 3.36. The Morgan fingerprint density at radius 1 is 0.983 bits per heavy atom. The Morgan fingerprint density at radius 2 is 1.69 bits per heavy atom. The summed E-state index contributed by atoms with van der Waals surface area (Å²) < 4.78 is 62.1. The predicted octanol–water partition coefficient (Wildman–Crippen LogP) is 5.60. The number of ketones is 1. The van der Waals surface area contributed by atoms with Crippen LogP contribution in [0.1, 0.15) is 61.4 Å². The molecule has 1 atom stereocenters. The zero-order valence-electron chi connectivity index (χ0n) is 32.5. The molecule has 1 N–H and O–H groups in total. The molecule has 3 aliphatic heterocycles. The van der Waals surface area contributed by atoms with Gasteiger partial charge in [-0.05, 0) is 104 Å². The van der Waals surface area contributed by atoms with Crippen LogP contribution in [-0.4, -0.2) is 89.8 Å². The summed E-state index contributed by atoms with van der Waals surface area (Å²) >= 11 is 5.70. The van der Waals surface area contributed by atoms with Gasteiger partial charge in [0.2, 0.25) is 11.8 Å². The van der Waals surface area contributed by atoms with E-state index in [0.717, 1.165) is 28.2 Å². The molecule has 0 radical (unpaired) electrons. The summed E-state index contributed by atoms with van der Waals surface area (Å²) in [5, 5.41) is 11.6. The third kappa shape index (κ3) is 9.22. The molecule has 3 amide bonds. The smallest absolute Gasteiger partial charge is 0.417 e. The quantitative estimate of drug-likeness (QED) is 0.132. The maximum Gasteiger partial charge on any atom is 0.417 e. The number of aryl methyl sites for hydroxylation is 1. The molecular formula is C42H44F4N6O5S. The molecule has 0 aliphatic carbocycles. The number of amides is 3. The number of hydrogen-bond acceptors (Lipinski definition) is 9. The number of ether oxygens (including phenoxy) is 1. The van der Waals surface area contributed by atoms with Crippen LogP contribution in [0.15, 0.2) is 54.6 Å². The molecule has 3 aromatic rings. The van der Waals surface area contributed by atoms with Gasteiger partial charge >= 0.3 is 6.18 Å². The standard InChI is InChI=1S/C42H44F4N6O5S/c1-4-27-21-32(52-40(58)51(39(56)41(52,2)3)31-8-6-29(24-47)34(23-31)42(44,45)46)9-11-36(27)57-18-17-49-13-15-50(16-14-49)25-33(53)22-30-20-26(5-10-35(30)43)19-28-7-12-37(54)48-38(28)55/h5-6,8-11,20-21,23,28H,4,7,12-19,22,25H2,1-3H3,(H,48,54,55). The van der Waals surface area contributed by atoms with Gasteiger partial charge in [0.25, 0.3) is 5.91 Å². The number of thiocarbonyl (C=S) groups is 1. The van der Waals surface area contributed by atoms with Crippen molar-refractivity contribution in [3.05, 3.63) is 88.2 Å². The summed E-state index contributed by atoms with van der Waals surface area (Å²) in [5.74, 6) is -1.43. The maximum absolute atomic E-state index is 14.7. The highest BCUT2D eigenvalue weighted by Gasteiger charge is 2.51. The lowest BCUT2D eigenvalue weighted by molar-refractivity contribution is -0.138. The predicted molar refractivity (Wildman–Crippen MR) is 212 cm³/mol. The van der Waals surface area contributed by atoms with Gasteiger partial charge in [-0.3, -0.25) is 39.2 Å². The molecule has 11 nitrogen and oxygen atoms in total. The van der Waals surface area contributed by atoms with Gasteiger partial charge in [-0.1, -0.05) is 19.1 Å². The maximum atomic E-state index is 14.7. The minimum atomic E-state index is -4.80. The Bertz CT molecular complexity index is 2160. The minimum absolute atomic E-state index is 0.00722. The van der Waals surface area contributed by atoms with Crippen LogP contribution in [0, 0.1) is 23.1 Å². The Kier molecular flexibility index (Phi) is 12.6. The first kappa shape index (κ1) is 42.4. The van der Waals surface area contributed by atoms with Crippen molar-refractivity contribution in [1.82, 2.24) is 15.1 Å². The van der Waals surface area contributed by atoms with Gasteiger partial charge < -0.3 is 9.64 Å². The van der Waals surface area contributed by atoms with Gasteiger partial charge in [-0.2, -0.15) is 18.4 Å². The number of piperazine rings is 1. The van der Waals surface area contributed by atoms with Crippen molar-refractivity contribution in [2.75, 3.05) is 55.7 Å². The summed E-state index contributed by atoms with van der Waals surface area (Å²) in [6.07, 6.45) is -3.20. The fraction of sp³-hybridized carbons (Fsp3) is 0.429. The average molecular weight is 821 g/mol. The highest BCUT2D eigenvalue weighted by atomic mass is 32.1. The number of imide groups is 1. The highest BCUT2D eigenvalue weighted by molar-refractivity contribution is 7.81. The largest absolute Gasteiger partial charge is 0.492 e. The number of carbonyl (C=O) groups is 4.